The van der Waals surface area contributed by atoms with Crippen molar-refractivity contribution in [3.05, 3.63) is 52.3 Å². The van der Waals surface area contributed by atoms with Gasteiger partial charge in [0.05, 0.1) is 12.7 Å². The van der Waals surface area contributed by atoms with Gasteiger partial charge in [-0.05, 0) is 64.7 Å². The van der Waals surface area contributed by atoms with E-state index in [-0.39, 0.29) is 5.91 Å². The Kier molecular flexibility index (Phi) is 3.92. The third-order valence-corrected chi connectivity index (χ3v) is 4.09. The van der Waals surface area contributed by atoms with Crippen LogP contribution in [-0.4, -0.2) is 24.5 Å². The van der Waals surface area contributed by atoms with Crippen LogP contribution in [0.1, 0.15) is 22.3 Å². The average Bonchev–Trinajstić information content (AvgIpc) is 2.53. The minimum atomic E-state index is -0.0129. The van der Waals surface area contributed by atoms with E-state index in [1.54, 1.807) is 25.4 Å². The van der Waals surface area contributed by atoms with E-state index < -0.39 is 0 Å². The number of nitrogens with zero attached hydrogens (tertiary/aromatic N) is 2. The molecule has 0 atom stereocenters. The molecule has 0 fully saturated rings. The number of methoxy groups -OCH3 is 1. The summed E-state index contributed by atoms with van der Waals surface area (Å²) >= 11 is 3.28. The van der Waals surface area contributed by atoms with Crippen molar-refractivity contribution in [1.29, 1.82) is 0 Å². The molecule has 0 spiro atoms. The third kappa shape index (κ3) is 2.78. The van der Waals surface area contributed by atoms with Crippen molar-refractivity contribution in [2.75, 3.05) is 18.6 Å². The van der Waals surface area contributed by atoms with E-state index in [1.807, 2.05) is 23.1 Å². The van der Waals surface area contributed by atoms with Gasteiger partial charge in [-0.2, -0.15) is 0 Å². The van der Waals surface area contributed by atoms with Crippen LogP contribution < -0.4 is 9.64 Å². The molecule has 2 heterocycles. The van der Waals surface area contributed by atoms with Crippen LogP contribution in [0.3, 0.4) is 0 Å². The zero-order chi connectivity index (χ0) is 14.8. The van der Waals surface area contributed by atoms with Gasteiger partial charge in [-0.1, -0.05) is 0 Å². The SMILES string of the molecule is COc1ccc2c(c1)CCCN2C(=O)c1ccc(Br)nc1. The van der Waals surface area contributed by atoms with Gasteiger partial charge < -0.3 is 9.64 Å². The van der Waals surface area contributed by atoms with Crippen LogP contribution >= 0.6 is 15.9 Å². The molecular formula is C16H15BrN2O2. The van der Waals surface area contributed by atoms with Gasteiger partial charge in [0.2, 0.25) is 0 Å². The lowest BCUT2D eigenvalue weighted by molar-refractivity contribution is 0.0984. The lowest BCUT2D eigenvalue weighted by Gasteiger charge is -2.29. The Bertz CT molecular complexity index is 670. The lowest BCUT2D eigenvalue weighted by atomic mass is 10.0. The minimum Gasteiger partial charge on any atom is -0.497 e. The molecule has 21 heavy (non-hydrogen) atoms. The molecule has 2 aromatic rings. The number of fused-ring (bicyclic) bond motifs is 1. The maximum atomic E-state index is 12.7. The second-order valence-electron chi connectivity index (χ2n) is 4.92. The predicted molar refractivity (Wildman–Crippen MR) is 84.9 cm³/mol. The number of hydrogen-bond donors (Lipinski definition) is 0. The van der Waals surface area contributed by atoms with Crippen LogP contribution in [0, 0.1) is 0 Å². The normalized spacial score (nSPS) is 13.7. The van der Waals surface area contributed by atoms with Gasteiger partial charge in [0.15, 0.2) is 0 Å². The van der Waals surface area contributed by atoms with Crippen molar-refractivity contribution < 1.29 is 9.53 Å². The van der Waals surface area contributed by atoms with Gasteiger partial charge in [0.25, 0.3) is 5.91 Å². The van der Waals surface area contributed by atoms with Crippen LogP contribution in [0.5, 0.6) is 5.75 Å². The maximum absolute atomic E-state index is 12.7. The van der Waals surface area contributed by atoms with E-state index in [2.05, 4.69) is 20.9 Å². The third-order valence-electron chi connectivity index (χ3n) is 3.62. The zero-order valence-corrected chi connectivity index (χ0v) is 13.3. The number of ether oxygens (including phenoxy) is 1. The van der Waals surface area contributed by atoms with Gasteiger partial charge in [-0.15, -0.1) is 0 Å². The number of anilines is 1. The molecule has 0 bridgehead atoms. The lowest BCUT2D eigenvalue weighted by Crippen LogP contribution is -2.35. The van der Waals surface area contributed by atoms with Crippen molar-refractivity contribution in [2.45, 2.75) is 12.8 Å². The quantitative estimate of drug-likeness (QED) is 0.782. The number of hydrogen-bond acceptors (Lipinski definition) is 3. The first-order chi connectivity index (χ1) is 10.2. The molecule has 1 aromatic carbocycles. The molecule has 0 aliphatic carbocycles. The molecule has 1 amide bonds. The molecule has 0 N–H and O–H groups in total. The predicted octanol–water partition coefficient (Wildman–Crippen LogP) is 3.45. The molecule has 0 unspecified atom stereocenters. The number of amides is 1. The number of pyridine rings is 1. The van der Waals surface area contributed by atoms with Crippen LogP contribution in [0.25, 0.3) is 0 Å². The number of carbonyl (C=O) groups excluding carboxylic acids is 1. The first-order valence-electron chi connectivity index (χ1n) is 6.79. The molecule has 5 heteroatoms. The van der Waals surface area contributed by atoms with E-state index in [1.165, 1.54) is 0 Å². The standard InChI is InChI=1S/C16H15BrN2O2/c1-21-13-5-6-14-11(9-13)3-2-8-19(14)16(20)12-4-7-15(17)18-10-12/h4-7,9-10H,2-3,8H2,1H3. The van der Waals surface area contributed by atoms with Gasteiger partial charge in [0, 0.05) is 18.4 Å². The number of aromatic nitrogens is 1. The Labute approximate surface area is 131 Å². The fraction of sp³-hybridized carbons (Fsp3) is 0.250. The second-order valence-corrected chi connectivity index (χ2v) is 5.74. The van der Waals surface area contributed by atoms with E-state index in [4.69, 9.17) is 4.74 Å². The van der Waals surface area contributed by atoms with Crippen LogP contribution in [0.4, 0.5) is 5.69 Å². The smallest absolute Gasteiger partial charge is 0.259 e. The van der Waals surface area contributed by atoms with Crippen LogP contribution in [0.2, 0.25) is 0 Å². The van der Waals surface area contributed by atoms with Crippen LogP contribution in [0.15, 0.2) is 41.1 Å². The van der Waals surface area contributed by atoms with Crippen molar-refractivity contribution in [1.82, 2.24) is 4.98 Å². The molecule has 1 aliphatic heterocycles. The maximum Gasteiger partial charge on any atom is 0.259 e. The summed E-state index contributed by atoms with van der Waals surface area (Å²) in [6, 6.07) is 9.43. The number of aryl methyl sites for hydroxylation is 1. The fourth-order valence-corrected chi connectivity index (χ4v) is 2.80. The zero-order valence-electron chi connectivity index (χ0n) is 11.7. The first-order valence-corrected chi connectivity index (χ1v) is 7.58. The summed E-state index contributed by atoms with van der Waals surface area (Å²) in [5.41, 5.74) is 2.72. The number of carbonyl (C=O) groups is 1. The minimum absolute atomic E-state index is 0.0129. The largest absolute Gasteiger partial charge is 0.497 e. The van der Waals surface area contributed by atoms with Crippen molar-refractivity contribution >= 4 is 27.5 Å². The second kappa shape index (κ2) is 5.85. The molecule has 1 aliphatic rings. The van der Waals surface area contributed by atoms with E-state index in [0.29, 0.717) is 5.56 Å². The highest BCUT2D eigenvalue weighted by Gasteiger charge is 2.24. The Morgan fingerprint density at radius 1 is 1.33 bits per heavy atom. The topological polar surface area (TPSA) is 42.4 Å². The monoisotopic (exact) mass is 346 g/mol. The Morgan fingerprint density at radius 3 is 2.90 bits per heavy atom. The highest BCUT2D eigenvalue weighted by Crippen LogP contribution is 2.31. The van der Waals surface area contributed by atoms with E-state index >= 15 is 0 Å². The number of benzene rings is 1. The first kappa shape index (κ1) is 14.1. The molecule has 0 saturated carbocycles. The summed E-state index contributed by atoms with van der Waals surface area (Å²) < 4.78 is 5.98. The summed E-state index contributed by atoms with van der Waals surface area (Å²) in [5.74, 6) is 0.814. The molecule has 0 radical (unpaired) electrons. The van der Waals surface area contributed by atoms with Gasteiger partial charge >= 0.3 is 0 Å². The molecule has 3 rings (SSSR count). The highest BCUT2D eigenvalue weighted by atomic mass is 79.9. The molecule has 1 aromatic heterocycles. The molecular weight excluding hydrogens is 332 g/mol. The van der Waals surface area contributed by atoms with Crippen molar-refractivity contribution in [2.24, 2.45) is 0 Å². The van der Waals surface area contributed by atoms with Gasteiger partial charge in [-0.3, -0.25) is 4.79 Å². The summed E-state index contributed by atoms with van der Waals surface area (Å²) in [6.45, 7) is 0.730. The molecule has 4 nitrogen and oxygen atoms in total. The van der Waals surface area contributed by atoms with Crippen molar-refractivity contribution in [3.8, 4) is 5.75 Å². The number of halogens is 1. The van der Waals surface area contributed by atoms with Gasteiger partial charge in [-0.25, -0.2) is 4.98 Å². The Hall–Kier alpha value is -1.88. The van der Waals surface area contributed by atoms with Crippen LogP contribution in [-0.2, 0) is 6.42 Å². The number of rotatable bonds is 2. The molecule has 0 saturated heterocycles. The summed E-state index contributed by atoms with van der Waals surface area (Å²) in [5, 5.41) is 0. The fourth-order valence-electron chi connectivity index (χ4n) is 2.57. The Morgan fingerprint density at radius 2 is 2.19 bits per heavy atom. The summed E-state index contributed by atoms with van der Waals surface area (Å²) in [7, 11) is 1.65. The van der Waals surface area contributed by atoms with E-state index in [0.717, 1.165) is 41.0 Å². The summed E-state index contributed by atoms with van der Waals surface area (Å²) in [6.07, 6.45) is 3.52. The average molecular weight is 347 g/mol. The Balaban J connectivity index is 1.94. The van der Waals surface area contributed by atoms with Gasteiger partial charge in [0.1, 0.15) is 10.4 Å². The summed E-state index contributed by atoms with van der Waals surface area (Å²) in [4.78, 5) is 18.6. The highest BCUT2D eigenvalue weighted by molar-refractivity contribution is 9.10. The van der Waals surface area contributed by atoms with E-state index in [9.17, 15) is 4.79 Å². The van der Waals surface area contributed by atoms with Crippen molar-refractivity contribution in [3.63, 3.8) is 0 Å². The molecule has 108 valence electrons.